The van der Waals surface area contributed by atoms with E-state index < -0.39 is 0 Å². The van der Waals surface area contributed by atoms with Crippen molar-refractivity contribution in [3.8, 4) is 11.1 Å². The minimum Gasteiger partial charge on any atom is -0.454 e. The number of furan rings is 1. The van der Waals surface area contributed by atoms with Crippen molar-refractivity contribution in [3.63, 3.8) is 0 Å². The maximum absolute atomic E-state index is 6.53. The molecule has 6 aromatic carbocycles. The monoisotopic (exact) mass is 568 g/mol. The molecule has 43 heavy (non-hydrogen) atoms. The third-order valence-corrected chi connectivity index (χ3v) is 9.43. The van der Waals surface area contributed by atoms with Gasteiger partial charge in [0.25, 0.3) is 0 Å². The van der Waals surface area contributed by atoms with Crippen molar-refractivity contribution in [1.82, 2.24) is 4.98 Å². The lowest BCUT2D eigenvalue weighted by Crippen LogP contribution is -2.10. The highest BCUT2D eigenvalue weighted by Crippen LogP contribution is 2.44. The lowest BCUT2D eigenvalue weighted by Gasteiger charge is -2.26. The molecule has 0 atom stereocenters. The Hall–Kier alpha value is -5.45. The fourth-order valence-electron chi connectivity index (χ4n) is 6.23. The summed E-state index contributed by atoms with van der Waals surface area (Å²) in [6, 6.07) is 49.5. The second kappa shape index (κ2) is 9.55. The smallest absolute Gasteiger partial charge is 0.159 e. The quantitative estimate of drug-likeness (QED) is 0.211. The predicted octanol–water partition coefficient (Wildman–Crippen LogP) is 11.6. The zero-order valence-electron chi connectivity index (χ0n) is 23.1. The molecule has 0 amide bonds. The minimum absolute atomic E-state index is 0.871. The molecule has 9 rings (SSSR count). The van der Waals surface area contributed by atoms with Gasteiger partial charge in [0.05, 0.1) is 15.9 Å². The molecule has 0 aliphatic carbocycles. The number of hydrogen-bond donors (Lipinski definition) is 0. The van der Waals surface area contributed by atoms with Crippen LogP contribution in [-0.2, 0) is 0 Å². The van der Waals surface area contributed by atoms with Crippen LogP contribution in [0.4, 0.5) is 17.1 Å². The van der Waals surface area contributed by atoms with Gasteiger partial charge < -0.3 is 9.32 Å². The first-order chi connectivity index (χ1) is 21.3. The van der Waals surface area contributed by atoms with Gasteiger partial charge in [0.2, 0.25) is 0 Å². The molecule has 0 saturated heterocycles. The maximum Gasteiger partial charge on any atom is 0.159 e. The van der Waals surface area contributed by atoms with Gasteiger partial charge in [0.1, 0.15) is 5.58 Å². The van der Waals surface area contributed by atoms with E-state index in [4.69, 9.17) is 9.40 Å². The number of para-hydroxylation sites is 2. The zero-order chi connectivity index (χ0) is 28.3. The highest BCUT2D eigenvalue weighted by molar-refractivity contribution is 7.25. The number of nitrogens with zero attached hydrogens (tertiary/aromatic N) is 2. The first kappa shape index (κ1) is 24.2. The molecule has 0 spiro atoms. The molecule has 4 heteroatoms. The maximum atomic E-state index is 6.53. The Morgan fingerprint density at radius 3 is 2.26 bits per heavy atom. The Kier molecular flexibility index (Phi) is 5.37. The van der Waals surface area contributed by atoms with Gasteiger partial charge in [0, 0.05) is 38.4 Å². The van der Waals surface area contributed by atoms with Crippen molar-refractivity contribution < 1.29 is 4.42 Å². The molecule has 202 valence electrons. The van der Waals surface area contributed by atoms with Gasteiger partial charge >= 0.3 is 0 Å². The van der Waals surface area contributed by atoms with Crippen LogP contribution in [0.3, 0.4) is 0 Å². The summed E-state index contributed by atoms with van der Waals surface area (Å²) in [7, 11) is 0. The van der Waals surface area contributed by atoms with Crippen LogP contribution in [-0.4, -0.2) is 4.98 Å². The molecule has 0 N–H and O–H groups in total. The van der Waals surface area contributed by atoms with Gasteiger partial charge in [-0.15, -0.1) is 11.3 Å². The number of rotatable bonds is 4. The predicted molar refractivity (Wildman–Crippen MR) is 182 cm³/mol. The third-order valence-electron chi connectivity index (χ3n) is 8.30. The number of benzene rings is 6. The third kappa shape index (κ3) is 3.92. The standard InChI is InChI=1S/C39H24N2OS/c1-2-8-27-23-28(15-14-25(27)7-1)26-16-18-29(19-17-26)41(30-20-21-36-33(24-30)38-37(43-36)13-6-22-40-38)34-11-5-10-32-31-9-3-4-12-35(31)42-39(32)34/h1-24H. The number of anilines is 3. The van der Waals surface area contributed by atoms with E-state index in [-0.39, 0.29) is 0 Å². The van der Waals surface area contributed by atoms with Crippen LogP contribution < -0.4 is 4.90 Å². The summed E-state index contributed by atoms with van der Waals surface area (Å²) >= 11 is 1.78. The zero-order valence-corrected chi connectivity index (χ0v) is 23.9. The Morgan fingerprint density at radius 1 is 0.535 bits per heavy atom. The van der Waals surface area contributed by atoms with Crippen LogP contribution in [0.5, 0.6) is 0 Å². The van der Waals surface area contributed by atoms with E-state index in [0.717, 1.165) is 49.9 Å². The molecule has 0 fully saturated rings. The van der Waals surface area contributed by atoms with Crippen LogP contribution in [0.15, 0.2) is 150 Å². The molecular formula is C39H24N2OS. The van der Waals surface area contributed by atoms with Crippen molar-refractivity contribution >= 4 is 81.4 Å². The Balaban J connectivity index is 1.24. The summed E-state index contributed by atoms with van der Waals surface area (Å²) < 4.78 is 8.95. The SMILES string of the molecule is c1ccc2cc(-c3ccc(N(c4ccc5sc6cccnc6c5c4)c4cccc5c4oc4ccccc45)cc3)ccc2c1. The summed E-state index contributed by atoms with van der Waals surface area (Å²) in [5.41, 5.74) is 8.30. The molecular weight excluding hydrogens is 545 g/mol. The number of hydrogen-bond acceptors (Lipinski definition) is 4. The molecule has 0 aliphatic rings. The second-order valence-corrected chi connectivity index (χ2v) is 11.9. The molecule has 3 heterocycles. The van der Waals surface area contributed by atoms with E-state index >= 15 is 0 Å². The number of pyridine rings is 1. The van der Waals surface area contributed by atoms with Crippen molar-refractivity contribution in [2.75, 3.05) is 4.90 Å². The molecule has 0 unspecified atom stereocenters. The Labute approximate surface area is 251 Å². The highest BCUT2D eigenvalue weighted by atomic mass is 32.1. The van der Waals surface area contributed by atoms with E-state index in [1.54, 1.807) is 11.3 Å². The summed E-state index contributed by atoms with van der Waals surface area (Å²) in [4.78, 5) is 7.04. The first-order valence-corrected chi connectivity index (χ1v) is 15.2. The topological polar surface area (TPSA) is 29.3 Å². The fraction of sp³-hybridized carbons (Fsp3) is 0. The summed E-state index contributed by atoms with van der Waals surface area (Å²) in [6.07, 6.45) is 1.87. The van der Waals surface area contributed by atoms with E-state index in [0.29, 0.717) is 0 Å². The van der Waals surface area contributed by atoms with Crippen molar-refractivity contribution in [2.45, 2.75) is 0 Å². The van der Waals surface area contributed by atoms with Gasteiger partial charge in [-0.1, -0.05) is 78.9 Å². The van der Waals surface area contributed by atoms with Crippen molar-refractivity contribution in [1.29, 1.82) is 0 Å². The van der Waals surface area contributed by atoms with Gasteiger partial charge in [0.15, 0.2) is 5.58 Å². The Bertz CT molecular complexity index is 2470. The van der Waals surface area contributed by atoms with E-state index in [2.05, 4.69) is 126 Å². The van der Waals surface area contributed by atoms with Crippen LogP contribution in [0.25, 0.3) is 64.1 Å². The molecule has 0 radical (unpaired) electrons. The molecule has 3 nitrogen and oxygen atoms in total. The molecule has 0 bridgehead atoms. The average Bonchev–Trinajstić information content (AvgIpc) is 3.64. The van der Waals surface area contributed by atoms with Gasteiger partial charge in [-0.25, -0.2) is 0 Å². The second-order valence-electron chi connectivity index (χ2n) is 10.8. The largest absolute Gasteiger partial charge is 0.454 e. The normalized spacial score (nSPS) is 11.7. The van der Waals surface area contributed by atoms with E-state index in [9.17, 15) is 0 Å². The molecule has 0 aliphatic heterocycles. The molecule has 9 aromatic rings. The van der Waals surface area contributed by atoms with Gasteiger partial charge in [-0.3, -0.25) is 4.98 Å². The fourth-order valence-corrected chi connectivity index (χ4v) is 7.28. The molecule has 3 aromatic heterocycles. The van der Waals surface area contributed by atoms with Gasteiger partial charge in [-0.05, 0) is 82.6 Å². The minimum atomic E-state index is 0.871. The van der Waals surface area contributed by atoms with E-state index in [1.807, 2.05) is 24.4 Å². The van der Waals surface area contributed by atoms with E-state index in [1.165, 1.54) is 31.3 Å². The van der Waals surface area contributed by atoms with Gasteiger partial charge in [-0.2, -0.15) is 0 Å². The van der Waals surface area contributed by atoms with Crippen LogP contribution in [0, 0.1) is 0 Å². The summed E-state index contributed by atoms with van der Waals surface area (Å²) in [6.45, 7) is 0. The lowest BCUT2D eigenvalue weighted by atomic mass is 10.0. The van der Waals surface area contributed by atoms with Crippen LogP contribution in [0.2, 0.25) is 0 Å². The highest BCUT2D eigenvalue weighted by Gasteiger charge is 2.20. The van der Waals surface area contributed by atoms with Crippen molar-refractivity contribution in [2.24, 2.45) is 0 Å². The average molecular weight is 569 g/mol. The number of thiophene rings is 1. The van der Waals surface area contributed by atoms with Crippen LogP contribution in [0.1, 0.15) is 0 Å². The Morgan fingerprint density at radius 2 is 1.33 bits per heavy atom. The summed E-state index contributed by atoms with van der Waals surface area (Å²) in [5, 5.41) is 5.88. The summed E-state index contributed by atoms with van der Waals surface area (Å²) in [5.74, 6) is 0. The van der Waals surface area contributed by atoms with Crippen LogP contribution >= 0.6 is 11.3 Å². The number of fused-ring (bicyclic) bond motifs is 7. The lowest BCUT2D eigenvalue weighted by molar-refractivity contribution is 0.669. The van der Waals surface area contributed by atoms with Crippen molar-refractivity contribution in [3.05, 3.63) is 146 Å². The number of aromatic nitrogens is 1. The molecule has 0 saturated carbocycles. The first-order valence-electron chi connectivity index (χ1n) is 14.4.